The lowest BCUT2D eigenvalue weighted by Crippen LogP contribution is -2.42. The van der Waals surface area contributed by atoms with Gasteiger partial charge >= 0.3 is 5.97 Å². The summed E-state index contributed by atoms with van der Waals surface area (Å²) in [4.78, 5) is 22.2. The van der Waals surface area contributed by atoms with E-state index in [4.69, 9.17) is 5.11 Å². The Morgan fingerprint density at radius 1 is 1.40 bits per heavy atom. The molecule has 1 rings (SSSR count). The van der Waals surface area contributed by atoms with Gasteiger partial charge in [0.1, 0.15) is 5.41 Å². The highest BCUT2D eigenvalue weighted by atomic mass is 16.4. The monoisotopic (exact) mass is 213 g/mol. The molecule has 86 valence electrons. The second kappa shape index (κ2) is 4.64. The summed E-state index contributed by atoms with van der Waals surface area (Å²) in [5, 5.41) is 11.5. The summed E-state index contributed by atoms with van der Waals surface area (Å²) < 4.78 is 0. The summed E-state index contributed by atoms with van der Waals surface area (Å²) in [6, 6.07) is 0. The van der Waals surface area contributed by atoms with Gasteiger partial charge in [-0.05, 0) is 32.6 Å². The van der Waals surface area contributed by atoms with E-state index in [1.165, 1.54) is 26.7 Å². The zero-order chi connectivity index (χ0) is 11.5. The van der Waals surface area contributed by atoms with Crippen LogP contribution in [0.4, 0.5) is 0 Å². The topological polar surface area (TPSA) is 66.4 Å². The Kier molecular flexibility index (Phi) is 3.72. The van der Waals surface area contributed by atoms with Crippen molar-refractivity contribution in [2.75, 3.05) is 6.54 Å². The number of hydrogen-bond donors (Lipinski definition) is 2. The minimum Gasteiger partial charge on any atom is -0.480 e. The Labute approximate surface area is 90.0 Å². The van der Waals surface area contributed by atoms with Gasteiger partial charge in [-0.2, -0.15) is 0 Å². The molecule has 0 bridgehead atoms. The van der Waals surface area contributed by atoms with E-state index < -0.39 is 17.3 Å². The quantitative estimate of drug-likeness (QED) is 0.517. The summed E-state index contributed by atoms with van der Waals surface area (Å²) in [6.45, 7) is 3.43. The number of carbonyl (C=O) groups excluding carboxylic acids is 1. The SMILES string of the molecule is CC(C)(C(=O)O)C(=O)NCCCC1CC1. The zero-order valence-electron chi connectivity index (χ0n) is 9.38. The van der Waals surface area contributed by atoms with Crippen molar-refractivity contribution in [1.29, 1.82) is 0 Å². The lowest BCUT2D eigenvalue weighted by Gasteiger charge is -2.18. The Morgan fingerprint density at radius 3 is 2.47 bits per heavy atom. The molecule has 1 aliphatic rings. The molecule has 1 aliphatic carbocycles. The molecule has 0 aromatic rings. The van der Waals surface area contributed by atoms with Gasteiger partial charge in [-0.3, -0.25) is 9.59 Å². The Balaban J connectivity index is 2.18. The zero-order valence-corrected chi connectivity index (χ0v) is 9.38. The molecule has 0 aromatic heterocycles. The van der Waals surface area contributed by atoms with E-state index in [-0.39, 0.29) is 0 Å². The maximum atomic E-state index is 11.5. The normalized spacial score (nSPS) is 16.1. The summed E-state index contributed by atoms with van der Waals surface area (Å²) in [5.74, 6) is -0.623. The fourth-order valence-corrected chi connectivity index (χ4v) is 1.32. The van der Waals surface area contributed by atoms with E-state index in [2.05, 4.69) is 5.32 Å². The molecule has 0 atom stereocenters. The molecule has 4 heteroatoms. The van der Waals surface area contributed by atoms with Crippen molar-refractivity contribution in [2.45, 2.75) is 39.5 Å². The van der Waals surface area contributed by atoms with Gasteiger partial charge in [0, 0.05) is 6.54 Å². The van der Waals surface area contributed by atoms with E-state index in [1.54, 1.807) is 0 Å². The summed E-state index contributed by atoms with van der Waals surface area (Å²) in [6.07, 6.45) is 4.73. The molecule has 0 radical (unpaired) electrons. The average molecular weight is 213 g/mol. The van der Waals surface area contributed by atoms with Gasteiger partial charge in [0.2, 0.25) is 5.91 Å². The molecule has 1 fully saturated rings. The molecular weight excluding hydrogens is 194 g/mol. The number of carboxylic acids is 1. The van der Waals surface area contributed by atoms with Crippen LogP contribution in [0.3, 0.4) is 0 Å². The van der Waals surface area contributed by atoms with Gasteiger partial charge < -0.3 is 10.4 Å². The minimum absolute atomic E-state index is 0.397. The molecule has 0 aliphatic heterocycles. The molecule has 15 heavy (non-hydrogen) atoms. The minimum atomic E-state index is -1.32. The van der Waals surface area contributed by atoms with E-state index in [0.717, 1.165) is 18.8 Å². The number of aliphatic carboxylic acids is 1. The third kappa shape index (κ3) is 3.53. The molecule has 2 N–H and O–H groups in total. The Bertz CT molecular complexity index is 257. The van der Waals surface area contributed by atoms with Crippen LogP contribution in [0.15, 0.2) is 0 Å². The van der Waals surface area contributed by atoms with Crippen LogP contribution in [0.25, 0.3) is 0 Å². The van der Waals surface area contributed by atoms with Crippen molar-refractivity contribution in [3.8, 4) is 0 Å². The van der Waals surface area contributed by atoms with Crippen LogP contribution in [-0.2, 0) is 9.59 Å². The van der Waals surface area contributed by atoms with Crippen molar-refractivity contribution in [2.24, 2.45) is 11.3 Å². The standard InChI is InChI=1S/C11H19NO3/c1-11(2,10(14)15)9(13)12-7-3-4-8-5-6-8/h8H,3-7H2,1-2H3,(H,12,13)(H,14,15). The number of rotatable bonds is 6. The highest BCUT2D eigenvalue weighted by molar-refractivity contribution is 6.00. The molecule has 4 nitrogen and oxygen atoms in total. The van der Waals surface area contributed by atoms with Crippen LogP contribution in [0.2, 0.25) is 0 Å². The van der Waals surface area contributed by atoms with Crippen molar-refractivity contribution in [3.05, 3.63) is 0 Å². The van der Waals surface area contributed by atoms with E-state index in [9.17, 15) is 9.59 Å². The molecule has 0 spiro atoms. The number of nitrogens with one attached hydrogen (secondary N) is 1. The average Bonchev–Trinajstić information content (AvgIpc) is 2.95. The van der Waals surface area contributed by atoms with Crippen molar-refractivity contribution >= 4 is 11.9 Å². The lowest BCUT2D eigenvalue weighted by atomic mass is 9.92. The fourth-order valence-electron chi connectivity index (χ4n) is 1.32. The molecule has 0 aromatic carbocycles. The Hall–Kier alpha value is -1.06. The predicted molar refractivity (Wildman–Crippen MR) is 56.4 cm³/mol. The molecule has 1 saturated carbocycles. The van der Waals surface area contributed by atoms with Crippen LogP contribution >= 0.6 is 0 Å². The fraction of sp³-hybridized carbons (Fsp3) is 0.818. The maximum Gasteiger partial charge on any atom is 0.318 e. The molecular formula is C11H19NO3. The summed E-state index contributed by atoms with van der Waals surface area (Å²) >= 11 is 0. The molecule has 0 saturated heterocycles. The Morgan fingerprint density at radius 2 is 2.00 bits per heavy atom. The van der Waals surface area contributed by atoms with Gasteiger partial charge in [-0.1, -0.05) is 12.8 Å². The van der Waals surface area contributed by atoms with Gasteiger partial charge in [0.15, 0.2) is 0 Å². The van der Waals surface area contributed by atoms with Gasteiger partial charge in [-0.15, -0.1) is 0 Å². The largest absolute Gasteiger partial charge is 0.480 e. The second-order valence-electron chi connectivity index (χ2n) is 4.77. The molecule has 0 unspecified atom stereocenters. The molecule has 0 heterocycles. The highest BCUT2D eigenvalue weighted by Gasteiger charge is 2.35. The third-order valence-corrected chi connectivity index (χ3v) is 2.87. The first-order valence-electron chi connectivity index (χ1n) is 5.46. The lowest BCUT2D eigenvalue weighted by molar-refractivity contribution is -0.153. The van der Waals surface area contributed by atoms with Gasteiger partial charge in [0.05, 0.1) is 0 Å². The summed E-state index contributed by atoms with van der Waals surface area (Å²) in [7, 11) is 0. The van der Waals surface area contributed by atoms with Crippen LogP contribution < -0.4 is 5.32 Å². The third-order valence-electron chi connectivity index (χ3n) is 2.87. The number of carboxylic acid groups (broad SMARTS) is 1. The predicted octanol–water partition coefficient (Wildman–Crippen LogP) is 1.40. The van der Waals surface area contributed by atoms with Crippen LogP contribution in [0, 0.1) is 11.3 Å². The number of hydrogen-bond acceptors (Lipinski definition) is 2. The maximum absolute atomic E-state index is 11.5. The highest BCUT2D eigenvalue weighted by Crippen LogP contribution is 2.33. The first-order valence-corrected chi connectivity index (χ1v) is 5.46. The number of amides is 1. The van der Waals surface area contributed by atoms with Crippen molar-refractivity contribution < 1.29 is 14.7 Å². The molecule has 1 amide bonds. The van der Waals surface area contributed by atoms with E-state index in [0.29, 0.717) is 6.54 Å². The van der Waals surface area contributed by atoms with Crippen LogP contribution in [0.1, 0.15) is 39.5 Å². The van der Waals surface area contributed by atoms with Gasteiger partial charge in [-0.25, -0.2) is 0 Å². The van der Waals surface area contributed by atoms with Crippen LogP contribution in [0.5, 0.6) is 0 Å². The first kappa shape index (κ1) is 12.0. The van der Waals surface area contributed by atoms with E-state index in [1.807, 2.05) is 0 Å². The first-order chi connectivity index (χ1) is 6.94. The van der Waals surface area contributed by atoms with Crippen LogP contribution in [-0.4, -0.2) is 23.5 Å². The smallest absolute Gasteiger partial charge is 0.318 e. The second-order valence-corrected chi connectivity index (χ2v) is 4.77. The van der Waals surface area contributed by atoms with E-state index >= 15 is 0 Å². The van der Waals surface area contributed by atoms with Crippen molar-refractivity contribution in [1.82, 2.24) is 5.32 Å². The van der Waals surface area contributed by atoms with Crippen molar-refractivity contribution in [3.63, 3.8) is 0 Å². The number of carbonyl (C=O) groups is 2. The summed E-state index contributed by atoms with van der Waals surface area (Å²) in [5.41, 5.74) is -1.32. The van der Waals surface area contributed by atoms with Gasteiger partial charge in [0.25, 0.3) is 0 Å².